The summed E-state index contributed by atoms with van der Waals surface area (Å²) >= 11 is 0. The summed E-state index contributed by atoms with van der Waals surface area (Å²) in [6, 6.07) is 0. The van der Waals surface area contributed by atoms with Gasteiger partial charge in [0.25, 0.3) is 0 Å². The van der Waals surface area contributed by atoms with Crippen LogP contribution in [-0.2, 0) is 4.74 Å². The third kappa shape index (κ3) is 4.38. The highest BCUT2D eigenvalue weighted by atomic mass is 16.5. The largest absolute Gasteiger partial charge is 0.376 e. The Balaban J connectivity index is 1.58. The zero-order chi connectivity index (χ0) is 11.9. The molecule has 17 heavy (non-hydrogen) atoms. The number of hydrogen-bond donors (Lipinski definition) is 2. The van der Waals surface area contributed by atoms with E-state index in [2.05, 4.69) is 16.4 Å². The summed E-state index contributed by atoms with van der Waals surface area (Å²) in [4.78, 5) is 4.31. The predicted molar refractivity (Wildman–Crippen MR) is 70.0 cm³/mol. The fraction of sp³-hybridized carbons (Fsp3) is 0.769. The number of ether oxygens (including phenoxy) is 1. The maximum atomic E-state index is 5.80. The monoisotopic (exact) mass is 237 g/mol. The van der Waals surface area contributed by atoms with Gasteiger partial charge in [0.05, 0.1) is 12.6 Å². The van der Waals surface area contributed by atoms with Crippen LogP contribution in [0.4, 0.5) is 0 Å². The second-order valence-corrected chi connectivity index (χ2v) is 4.79. The van der Waals surface area contributed by atoms with Crippen molar-refractivity contribution in [2.75, 3.05) is 19.7 Å². The average Bonchev–Trinajstić information content (AvgIpc) is 2.99. The molecule has 4 heteroatoms. The summed E-state index contributed by atoms with van der Waals surface area (Å²) < 4.78 is 5.49. The van der Waals surface area contributed by atoms with E-state index in [9.17, 15) is 0 Å². The van der Waals surface area contributed by atoms with Crippen molar-refractivity contribution >= 4 is 5.96 Å². The van der Waals surface area contributed by atoms with Crippen LogP contribution in [0.3, 0.4) is 0 Å². The third-order valence-corrected chi connectivity index (χ3v) is 3.38. The first-order chi connectivity index (χ1) is 8.34. The molecule has 1 aliphatic carbocycles. The Morgan fingerprint density at radius 2 is 2.47 bits per heavy atom. The second-order valence-electron chi connectivity index (χ2n) is 4.79. The first kappa shape index (κ1) is 12.4. The van der Waals surface area contributed by atoms with Crippen molar-refractivity contribution in [2.45, 2.75) is 44.6 Å². The van der Waals surface area contributed by atoms with E-state index in [1.165, 1.54) is 19.3 Å². The van der Waals surface area contributed by atoms with Gasteiger partial charge in [-0.2, -0.15) is 0 Å². The lowest BCUT2D eigenvalue weighted by Crippen LogP contribution is -2.33. The van der Waals surface area contributed by atoms with Gasteiger partial charge in [0.1, 0.15) is 0 Å². The standard InChI is InChI=1S/C13H23N3O/c14-13(16-10-12-6-3-9-17-12)15-8-7-11-4-1-2-5-11/h4,12H,1-3,5-10H2,(H3,14,15,16). The number of hydrogen-bond acceptors (Lipinski definition) is 2. The number of nitrogens with zero attached hydrogens (tertiary/aromatic N) is 1. The van der Waals surface area contributed by atoms with Gasteiger partial charge in [-0.15, -0.1) is 0 Å². The molecule has 0 aromatic carbocycles. The lowest BCUT2D eigenvalue weighted by molar-refractivity contribution is 0.118. The van der Waals surface area contributed by atoms with Gasteiger partial charge >= 0.3 is 0 Å². The minimum atomic E-state index is 0.285. The molecule has 0 aromatic heterocycles. The zero-order valence-corrected chi connectivity index (χ0v) is 10.5. The molecule has 1 fully saturated rings. The third-order valence-electron chi connectivity index (χ3n) is 3.38. The van der Waals surface area contributed by atoms with Crippen LogP contribution in [0.2, 0.25) is 0 Å². The number of allylic oxidation sites excluding steroid dienone is 1. The van der Waals surface area contributed by atoms with Gasteiger partial charge in [-0.05, 0) is 38.5 Å². The quantitative estimate of drug-likeness (QED) is 0.433. The molecule has 1 atom stereocenters. The van der Waals surface area contributed by atoms with Gasteiger partial charge < -0.3 is 15.8 Å². The van der Waals surface area contributed by atoms with Gasteiger partial charge in [0, 0.05) is 13.2 Å². The molecular weight excluding hydrogens is 214 g/mol. The van der Waals surface area contributed by atoms with Crippen LogP contribution in [0.5, 0.6) is 0 Å². The van der Waals surface area contributed by atoms with Crippen molar-refractivity contribution in [3.05, 3.63) is 11.6 Å². The number of rotatable bonds is 5. The first-order valence-corrected chi connectivity index (χ1v) is 6.68. The minimum absolute atomic E-state index is 0.285. The van der Waals surface area contributed by atoms with Crippen molar-refractivity contribution in [2.24, 2.45) is 10.7 Å². The molecule has 2 rings (SSSR count). The summed E-state index contributed by atoms with van der Waals surface area (Å²) in [7, 11) is 0. The molecule has 1 unspecified atom stereocenters. The van der Waals surface area contributed by atoms with E-state index in [-0.39, 0.29) is 6.10 Å². The van der Waals surface area contributed by atoms with Crippen LogP contribution in [0.15, 0.2) is 16.6 Å². The fourth-order valence-corrected chi connectivity index (χ4v) is 2.36. The minimum Gasteiger partial charge on any atom is -0.376 e. The SMILES string of the molecule is NC(=NCC1CCCO1)NCCC1=CCCC1. The molecule has 0 aromatic rings. The summed E-state index contributed by atoms with van der Waals surface area (Å²) in [5.74, 6) is 0.555. The number of aliphatic imine (C=N–C) groups is 1. The van der Waals surface area contributed by atoms with Crippen LogP contribution < -0.4 is 11.1 Å². The molecular formula is C13H23N3O. The first-order valence-electron chi connectivity index (χ1n) is 6.68. The molecule has 0 bridgehead atoms. The van der Waals surface area contributed by atoms with Crippen LogP contribution >= 0.6 is 0 Å². The molecule has 0 radical (unpaired) electrons. The Bertz CT molecular complexity index is 293. The van der Waals surface area contributed by atoms with Crippen molar-refractivity contribution < 1.29 is 4.74 Å². The van der Waals surface area contributed by atoms with Crippen molar-refractivity contribution in [1.29, 1.82) is 0 Å². The van der Waals surface area contributed by atoms with Crippen molar-refractivity contribution in [3.8, 4) is 0 Å². The highest BCUT2D eigenvalue weighted by Gasteiger charge is 2.14. The normalized spacial score (nSPS) is 25.1. The van der Waals surface area contributed by atoms with E-state index < -0.39 is 0 Å². The molecule has 2 aliphatic rings. The van der Waals surface area contributed by atoms with Crippen LogP contribution in [-0.4, -0.2) is 31.8 Å². The van der Waals surface area contributed by atoms with E-state index in [4.69, 9.17) is 10.5 Å². The molecule has 3 N–H and O–H groups in total. The molecule has 0 spiro atoms. The number of nitrogens with one attached hydrogen (secondary N) is 1. The Hall–Kier alpha value is -1.03. The lowest BCUT2D eigenvalue weighted by atomic mass is 10.2. The molecule has 1 saturated heterocycles. The van der Waals surface area contributed by atoms with Crippen molar-refractivity contribution in [1.82, 2.24) is 5.32 Å². The highest BCUT2D eigenvalue weighted by molar-refractivity contribution is 5.77. The Kier molecular flexibility index (Phi) is 4.86. The smallest absolute Gasteiger partial charge is 0.188 e. The Morgan fingerprint density at radius 1 is 1.53 bits per heavy atom. The zero-order valence-electron chi connectivity index (χ0n) is 10.5. The van der Waals surface area contributed by atoms with Crippen LogP contribution in [0, 0.1) is 0 Å². The number of guanidine groups is 1. The molecule has 0 saturated carbocycles. The maximum absolute atomic E-state index is 5.80. The van der Waals surface area contributed by atoms with E-state index in [0.29, 0.717) is 12.5 Å². The van der Waals surface area contributed by atoms with Gasteiger partial charge in [0.15, 0.2) is 5.96 Å². The van der Waals surface area contributed by atoms with Crippen molar-refractivity contribution in [3.63, 3.8) is 0 Å². The van der Waals surface area contributed by atoms with Crippen LogP contribution in [0.1, 0.15) is 38.5 Å². The van der Waals surface area contributed by atoms with Gasteiger partial charge in [-0.1, -0.05) is 11.6 Å². The van der Waals surface area contributed by atoms with Crippen LogP contribution in [0.25, 0.3) is 0 Å². The summed E-state index contributed by atoms with van der Waals surface area (Å²) in [5.41, 5.74) is 7.36. The molecule has 1 aliphatic heterocycles. The highest BCUT2D eigenvalue weighted by Crippen LogP contribution is 2.19. The second kappa shape index (κ2) is 6.64. The summed E-state index contributed by atoms with van der Waals surface area (Å²) in [6.45, 7) is 2.47. The fourth-order valence-electron chi connectivity index (χ4n) is 2.36. The lowest BCUT2D eigenvalue weighted by Gasteiger charge is -2.08. The van der Waals surface area contributed by atoms with E-state index >= 15 is 0 Å². The molecule has 0 amide bonds. The number of nitrogens with two attached hydrogens (primary N) is 1. The molecule has 4 nitrogen and oxygen atoms in total. The topological polar surface area (TPSA) is 59.6 Å². The van der Waals surface area contributed by atoms with E-state index in [0.717, 1.165) is 32.4 Å². The Morgan fingerprint density at radius 3 is 3.18 bits per heavy atom. The maximum Gasteiger partial charge on any atom is 0.188 e. The molecule has 1 heterocycles. The Labute approximate surface area is 103 Å². The van der Waals surface area contributed by atoms with Gasteiger partial charge in [-0.25, -0.2) is 0 Å². The summed E-state index contributed by atoms with van der Waals surface area (Å²) in [5, 5.41) is 3.16. The summed E-state index contributed by atoms with van der Waals surface area (Å²) in [6.07, 6.45) is 9.82. The van der Waals surface area contributed by atoms with Gasteiger partial charge in [-0.3, -0.25) is 4.99 Å². The predicted octanol–water partition coefficient (Wildman–Crippen LogP) is 1.57. The van der Waals surface area contributed by atoms with E-state index in [1.54, 1.807) is 5.57 Å². The molecule has 96 valence electrons. The van der Waals surface area contributed by atoms with E-state index in [1.807, 2.05) is 0 Å². The average molecular weight is 237 g/mol. The van der Waals surface area contributed by atoms with Gasteiger partial charge in [0.2, 0.25) is 0 Å².